The second-order valence-corrected chi connectivity index (χ2v) is 6.99. The fourth-order valence-corrected chi connectivity index (χ4v) is 4.17. The zero-order valence-corrected chi connectivity index (χ0v) is 13.7. The molecule has 3 fully saturated rings. The van der Waals surface area contributed by atoms with Crippen LogP contribution in [0.5, 0.6) is 0 Å². The van der Waals surface area contributed by atoms with Gasteiger partial charge >= 0.3 is 0 Å². The molecule has 0 spiro atoms. The summed E-state index contributed by atoms with van der Waals surface area (Å²) in [5, 5.41) is 1.54. The van der Waals surface area contributed by atoms with Crippen LogP contribution < -0.4 is 0 Å². The van der Waals surface area contributed by atoms with Gasteiger partial charge in [-0.3, -0.25) is 14.5 Å². The van der Waals surface area contributed by atoms with Crippen molar-refractivity contribution in [1.82, 2.24) is 9.96 Å². The number of benzene rings is 1. The monoisotopic (exact) mass is 334 g/mol. The lowest BCUT2D eigenvalue weighted by Crippen LogP contribution is -2.57. The van der Waals surface area contributed by atoms with Crippen LogP contribution in [0.2, 0.25) is 0 Å². The van der Waals surface area contributed by atoms with E-state index in [9.17, 15) is 9.18 Å². The summed E-state index contributed by atoms with van der Waals surface area (Å²) in [5.41, 5.74) is 0.566. The summed E-state index contributed by atoms with van der Waals surface area (Å²) >= 11 is 0. The van der Waals surface area contributed by atoms with E-state index < -0.39 is 5.41 Å². The second-order valence-electron chi connectivity index (χ2n) is 6.99. The zero-order chi connectivity index (χ0) is 16.6. The molecule has 0 unspecified atom stereocenters. The number of fused-ring (bicyclic) bond motifs is 1. The van der Waals surface area contributed by atoms with Crippen molar-refractivity contribution in [3.63, 3.8) is 0 Å². The first kappa shape index (κ1) is 16.0. The predicted octanol–water partition coefficient (Wildman–Crippen LogP) is 1.97. The SMILES string of the molecule is O=C(N1CCCO1)[C@@]12CCO[C@@H]1CCN(Cc1ccc(F)cc1)C2. The Morgan fingerprint density at radius 2 is 2.08 bits per heavy atom. The molecular weight excluding hydrogens is 311 g/mol. The van der Waals surface area contributed by atoms with Gasteiger partial charge in [0, 0.05) is 26.2 Å². The Bertz CT molecular complexity index is 603. The molecule has 6 heteroatoms. The Morgan fingerprint density at radius 1 is 1.25 bits per heavy atom. The van der Waals surface area contributed by atoms with E-state index in [-0.39, 0.29) is 17.8 Å². The molecule has 0 saturated carbocycles. The Kier molecular flexibility index (Phi) is 4.28. The molecule has 3 heterocycles. The maximum absolute atomic E-state index is 13.1. The van der Waals surface area contributed by atoms with Crippen LogP contribution in [-0.4, -0.2) is 54.8 Å². The van der Waals surface area contributed by atoms with Crippen LogP contribution in [0.3, 0.4) is 0 Å². The van der Waals surface area contributed by atoms with Crippen molar-refractivity contribution in [3.05, 3.63) is 35.6 Å². The fraction of sp³-hybridized carbons (Fsp3) is 0.611. The fourth-order valence-electron chi connectivity index (χ4n) is 4.17. The Balaban J connectivity index is 1.51. The number of ether oxygens (including phenoxy) is 1. The van der Waals surface area contributed by atoms with Gasteiger partial charge in [0.25, 0.3) is 5.91 Å². The molecule has 0 radical (unpaired) electrons. The average Bonchev–Trinajstić information content (AvgIpc) is 3.26. The highest BCUT2D eigenvalue weighted by atomic mass is 19.1. The number of nitrogens with zero attached hydrogens (tertiary/aromatic N) is 2. The van der Waals surface area contributed by atoms with Crippen LogP contribution in [0.15, 0.2) is 24.3 Å². The molecule has 4 rings (SSSR count). The number of piperidine rings is 1. The third-order valence-electron chi connectivity index (χ3n) is 5.42. The van der Waals surface area contributed by atoms with Gasteiger partial charge in [-0.25, -0.2) is 9.45 Å². The average molecular weight is 334 g/mol. The van der Waals surface area contributed by atoms with Crippen molar-refractivity contribution in [1.29, 1.82) is 0 Å². The van der Waals surface area contributed by atoms with E-state index in [2.05, 4.69) is 4.90 Å². The van der Waals surface area contributed by atoms with Crippen LogP contribution in [-0.2, 0) is 20.9 Å². The van der Waals surface area contributed by atoms with Crippen LogP contribution in [0.1, 0.15) is 24.8 Å². The summed E-state index contributed by atoms with van der Waals surface area (Å²) in [7, 11) is 0. The third kappa shape index (κ3) is 2.83. The van der Waals surface area contributed by atoms with Crippen molar-refractivity contribution in [3.8, 4) is 0 Å². The molecule has 0 N–H and O–H groups in total. The quantitative estimate of drug-likeness (QED) is 0.848. The van der Waals surface area contributed by atoms with Gasteiger partial charge in [0.15, 0.2) is 0 Å². The molecule has 0 aromatic heterocycles. The molecule has 3 aliphatic rings. The molecule has 2 atom stereocenters. The largest absolute Gasteiger partial charge is 0.377 e. The second kappa shape index (κ2) is 6.43. The number of amides is 1. The van der Waals surface area contributed by atoms with Crippen molar-refractivity contribution in [2.45, 2.75) is 31.9 Å². The minimum Gasteiger partial charge on any atom is -0.377 e. The first-order valence-corrected chi connectivity index (χ1v) is 8.71. The molecule has 3 aliphatic heterocycles. The number of halogens is 1. The highest BCUT2D eigenvalue weighted by molar-refractivity contribution is 5.83. The van der Waals surface area contributed by atoms with E-state index >= 15 is 0 Å². The molecule has 3 saturated heterocycles. The molecule has 0 bridgehead atoms. The van der Waals surface area contributed by atoms with E-state index in [0.717, 1.165) is 37.9 Å². The summed E-state index contributed by atoms with van der Waals surface area (Å²) in [6.45, 7) is 4.21. The van der Waals surface area contributed by atoms with E-state index in [1.807, 2.05) is 12.1 Å². The lowest BCUT2D eigenvalue weighted by molar-refractivity contribution is -0.187. The van der Waals surface area contributed by atoms with E-state index in [1.165, 1.54) is 12.1 Å². The van der Waals surface area contributed by atoms with Crippen molar-refractivity contribution < 1.29 is 18.8 Å². The molecule has 0 aliphatic carbocycles. The third-order valence-corrected chi connectivity index (χ3v) is 5.42. The number of hydrogen-bond donors (Lipinski definition) is 0. The summed E-state index contributed by atoms with van der Waals surface area (Å²) in [5.74, 6) is -0.147. The van der Waals surface area contributed by atoms with Crippen LogP contribution in [0, 0.1) is 11.2 Å². The number of carbonyl (C=O) groups is 1. The number of likely N-dealkylation sites (tertiary alicyclic amines) is 1. The van der Waals surface area contributed by atoms with Gasteiger partial charge in [0.1, 0.15) is 5.82 Å². The van der Waals surface area contributed by atoms with E-state index in [0.29, 0.717) is 26.3 Å². The summed E-state index contributed by atoms with van der Waals surface area (Å²) < 4.78 is 19.0. The van der Waals surface area contributed by atoms with Gasteiger partial charge in [-0.1, -0.05) is 12.1 Å². The van der Waals surface area contributed by atoms with E-state index in [1.54, 1.807) is 5.06 Å². The molecule has 1 aromatic carbocycles. The van der Waals surface area contributed by atoms with Crippen molar-refractivity contribution >= 4 is 5.91 Å². The molecule has 130 valence electrons. The number of hydroxylamine groups is 2. The maximum Gasteiger partial charge on any atom is 0.256 e. The minimum atomic E-state index is -0.497. The maximum atomic E-state index is 13.1. The van der Waals surface area contributed by atoms with Crippen molar-refractivity contribution in [2.75, 3.05) is 32.8 Å². The van der Waals surface area contributed by atoms with Gasteiger partial charge in [-0.15, -0.1) is 0 Å². The molecule has 5 nitrogen and oxygen atoms in total. The van der Waals surface area contributed by atoms with E-state index in [4.69, 9.17) is 9.57 Å². The number of carbonyl (C=O) groups excluding carboxylic acids is 1. The Labute approximate surface area is 141 Å². The zero-order valence-electron chi connectivity index (χ0n) is 13.7. The summed E-state index contributed by atoms with van der Waals surface area (Å²) in [4.78, 5) is 20.9. The molecular formula is C18H23FN2O3. The first-order valence-electron chi connectivity index (χ1n) is 8.71. The first-order chi connectivity index (χ1) is 11.7. The van der Waals surface area contributed by atoms with Gasteiger partial charge in [0.2, 0.25) is 0 Å². The summed E-state index contributed by atoms with van der Waals surface area (Å²) in [6, 6.07) is 6.59. The van der Waals surface area contributed by atoms with Crippen LogP contribution in [0.4, 0.5) is 4.39 Å². The molecule has 24 heavy (non-hydrogen) atoms. The molecule has 1 aromatic rings. The van der Waals surface area contributed by atoms with Gasteiger partial charge in [-0.05, 0) is 37.0 Å². The van der Waals surface area contributed by atoms with Gasteiger partial charge in [0.05, 0.1) is 24.7 Å². The number of rotatable bonds is 3. The minimum absolute atomic E-state index is 0.0151. The molecule has 1 amide bonds. The topological polar surface area (TPSA) is 42.0 Å². The van der Waals surface area contributed by atoms with Gasteiger partial charge in [-0.2, -0.15) is 0 Å². The van der Waals surface area contributed by atoms with Crippen LogP contribution >= 0.6 is 0 Å². The normalized spacial score (nSPS) is 30.5. The Morgan fingerprint density at radius 3 is 2.83 bits per heavy atom. The highest BCUT2D eigenvalue weighted by Gasteiger charge is 2.55. The Hall–Kier alpha value is -1.50. The predicted molar refractivity (Wildman–Crippen MR) is 85.4 cm³/mol. The lowest BCUT2D eigenvalue weighted by Gasteiger charge is -2.43. The summed E-state index contributed by atoms with van der Waals surface area (Å²) in [6.07, 6.45) is 2.47. The standard InChI is InChI=1S/C18H23FN2O3/c19-15-4-2-14(3-5-15)12-20-9-6-16-18(13-20,7-11-23-16)17(22)21-8-1-10-24-21/h2-5,16H,1,6-13H2/t16-,18-/m1/s1. The van der Waals surface area contributed by atoms with Crippen molar-refractivity contribution in [2.24, 2.45) is 5.41 Å². The van der Waals surface area contributed by atoms with Crippen LogP contribution in [0.25, 0.3) is 0 Å². The lowest BCUT2D eigenvalue weighted by atomic mass is 9.75. The highest BCUT2D eigenvalue weighted by Crippen LogP contribution is 2.43. The smallest absolute Gasteiger partial charge is 0.256 e. The van der Waals surface area contributed by atoms with Gasteiger partial charge < -0.3 is 4.74 Å². The number of hydrogen-bond acceptors (Lipinski definition) is 4.